The predicted octanol–water partition coefficient (Wildman–Crippen LogP) is 2.09. The van der Waals surface area contributed by atoms with Gasteiger partial charge in [0, 0.05) is 20.6 Å². The first-order valence-electron chi connectivity index (χ1n) is 3.74. The van der Waals surface area contributed by atoms with Gasteiger partial charge < -0.3 is 8.85 Å². The van der Waals surface area contributed by atoms with Crippen molar-refractivity contribution in [1.29, 1.82) is 0 Å². The van der Waals surface area contributed by atoms with Gasteiger partial charge in [-0.3, -0.25) is 0 Å². The van der Waals surface area contributed by atoms with Gasteiger partial charge in [-0.25, -0.2) is 0 Å². The third-order valence-electron chi connectivity index (χ3n) is 1.63. The van der Waals surface area contributed by atoms with E-state index in [-0.39, 0.29) is 6.04 Å². The highest BCUT2D eigenvalue weighted by atomic mass is 28.3. The van der Waals surface area contributed by atoms with Crippen molar-refractivity contribution in [3.8, 4) is 0 Å². The minimum absolute atomic E-state index is 0.375. The molecule has 86 valence electrons. The minimum atomic E-state index is -5.49. The third kappa shape index (κ3) is 3.89. The van der Waals surface area contributed by atoms with Gasteiger partial charge in [0.2, 0.25) is 0 Å². The molecule has 0 aromatic carbocycles. The van der Waals surface area contributed by atoms with Crippen molar-refractivity contribution in [3.63, 3.8) is 0 Å². The summed E-state index contributed by atoms with van der Waals surface area (Å²) < 4.78 is 69.0. The molecule has 0 bridgehead atoms. The Labute approximate surface area is 79.8 Å². The summed E-state index contributed by atoms with van der Waals surface area (Å²) in [6.07, 6.45) is -6.78. The van der Waals surface area contributed by atoms with Gasteiger partial charge in [0.25, 0.3) is 0 Å². The molecule has 0 fully saturated rings. The van der Waals surface area contributed by atoms with Crippen LogP contribution in [0.5, 0.6) is 0 Å². The van der Waals surface area contributed by atoms with E-state index in [2.05, 4.69) is 8.85 Å². The van der Waals surface area contributed by atoms with Gasteiger partial charge >= 0.3 is 21.4 Å². The van der Waals surface area contributed by atoms with Crippen molar-refractivity contribution in [3.05, 3.63) is 0 Å². The van der Waals surface area contributed by atoms with Crippen LogP contribution < -0.4 is 0 Å². The van der Waals surface area contributed by atoms with E-state index in [1.165, 1.54) is 14.2 Å². The molecule has 0 saturated heterocycles. The van der Waals surface area contributed by atoms with E-state index in [0.29, 0.717) is 0 Å². The van der Waals surface area contributed by atoms with Gasteiger partial charge in [0.1, 0.15) is 0 Å². The quantitative estimate of drug-likeness (QED) is 0.539. The first-order chi connectivity index (χ1) is 6.24. The summed E-state index contributed by atoms with van der Waals surface area (Å²) in [5.74, 6) is -4.66. The zero-order valence-electron chi connectivity index (χ0n) is 7.70. The van der Waals surface area contributed by atoms with E-state index in [1.54, 1.807) is 0 Å². The second-order valence-electron chi connectivity index (χ2n) is 2.64. The van der Waals surface area contributed by atoms with E-state index in [0.717, 1.165) is 0 Å². The Balaban J connectivity index is 4.11. The van der Waals surface area contributed by atoms with E-state index in [1.807, 2.05) is 0 Å². The Hall–Kier alpha value is -0.213. The van der Waals surface area contributed by atoms with Crippen molar-refractivity contribution >= 4 is 9.28 Å². The lowest BCUT2D eigenvalue weighted by molar-refractivity contribution is -0.282. The van der Waals surface area contributed by atoms with Crippen LogP contribution in [-0.2, 0) is 8.85 Å². The first kappa shape index (κ1) is 13.8. The second kappa shape index (κ2) is 5.03. The molecule has 0 spiro atoms. The summed E-state index contributed by atoms with van der Waals surface area (Å²) in [5, 5.41) is 0. The third-order valence-corrected chi connectivity index (χ3v) is 3.45. The van der Waals surface area contributed by atoms with Crippen molar-refractivity contribution in [1.82, 2.24) is 0 Å². The fourth-order valence-corrected chi connectivity index (χ4v) is 2.03. The molecule has 0 atom stereocenters. The van der Waals surface area contributed by atoms with Crippen LogP contribution in [0.25, 0.3) is 0 Å². The molecule has 0 unspecified atom stereocenters. The molecule has 0 aliphatic carbocycles. The molecule has 0 amide bonds. The smallest absolute Gasteiger partial charge is 0.400 e. The number of rotatable bonds is 5. The molecule has 0 radical (unpaired) electrons. The molecular formula is C6H11F5O2Si. The Morgan fingerprint density at radius 2 is 1.43 bits per heavy atom. The molecule has 0 heterocycles. The lowest BCUT2D eigenvalue weighted by atomic mass is 10.2. The number of halogens is 5. The largest absolute Gasteiger partial charge is 0.453 e. The zero-order chi connectivity index (χ0) is 11.4. The van der Waals surface area contributed by atoms with Crippen molar-refractivity contribution in [2.45, 2.75) is 24.6 Å². The fraction of sp³-hybridized carbons (Fsp3) is 1.00. The average molecular weight is 238 g/mol. The molecule has 0 N–H and O–H groups in total. The molecule has 0 aliphatic heterocycles. The standard InChI is InChI=1S/C6H11F5O2Si/c1-12-14(13-2)4-3-5(7,8)6(9,10)11/h14H,3-4H2,1-2H3. The summed E-state index contributed by atoms with van der Waals surface area (Å²) in [4.78, 5) is 0. The highest BCUT2D eigenvalue weighted by Gasteiger charge is 2.56. The molecular weight excluding hydrogens is 227 g/mol. The maximum absolute atomic E-state index is 12.3. The van der Waals surface area contributed by atoms with E-state index in [4.69, 9.17) is 0 Å². The molecule has 0 rings (SSSR count). The van der Waals surface area contributed by atoms with Gasteiger partial charge in [-0.2, -0.15) is 22.0 Å². The van der Waals surface area contributed by atoms with Gasteiger partial charge in [0.05, 0.1) is 0 Å². The lowest BCUT2D eigenvalue weighted by Crippen LogP contribution is -2.37. The predicted molar refractivity (Wildman–Crippen MR) is 41.6 cm³/mol. The molecule has 0 saturated carbocycles. The highest BCUT2D eigenvalue weighted by Crippen LogP contribution is 2.39. The minimum Gasteiger partial charge on any atom is -0.400 e. The van der Waals surface area contributed by atoms with E-state index in [9.17, 15) is 22.0 Å². The normalized spacial score (nSPS) is 13.7. The topological polar surface area (TPSA) is 18.5 Å². The maximum atomic E-state index is 12.3. The first-order valence-corrected chi connectivity index (χ1v) is 5.50. The summed E-state index contributed by atoms with van der Waals surface area (Å²) in [6, 6.07) is -0.375. The Morgan fingerprint density at radius 1 is 1.00 bits per heavy atom. The van der Waals surface area contributed by atoms with Crippen molar-refractivity contribution in [2.24, 2.45) is 0 Å². The SMILES string of the molecule is CO[SiH](CCC(F)(F)C(F)(F)F)OC. The van der Waals surface area contributed by atoms with Crippen molar-refractivity contribution in [2.75, 3.05) is 14.2 Å². The highest BCUT2D eigenvalue weighted by molar-refractivity contribution is 6.44. The fourth-order valence-electron chi connectivity index (χ4n) is 0.773. The van der Waals surface area contributed by atoms with E-state index < -0.39 is 27.8 Å². The Kier molecular flexibility index (Phi) is 4.96. The van der Waals surface area contributed by atoms with Crippen LogP contribution in [0.4, 0.5) is 22.0 Å². The van der Waals surface area contributed by atoms with Gasteiger partial charge in [-0.1, -0.05) is 0 Å². The van der Waals surface area contributed by atoms with Crippen molar-refractivity contribution < 1.29 is 30.8 Å². The number of hydrogen-bond acceptors (Lipinski definition) is 2. The summed E-state index contributed by atoms with van der Waals surface area (Å²) in [5.41, 5.74) is 0. The van der Waals surface area contributed by atoms with Crippen LogP contribution in [0.1, 0.15) is 6.42 Å². The summed E-state index contributed by atoms with van der Waals surface area (Å²) in [7, 11) is 0.113. The second-order valence-corrected chi connectivity index (χ2v) is 5.02. The van der Waals surface area contributed by atoms with Crippen LogP contribution in [0.3, 0.4) is 0 Å². The van der Waals surface area contributed by atoms with Gasteiger partial charge in [-0.05, 0) is 6.04 Å². The van der Waals surface area contributed by atoms with Crippen LogP contribution in [0, 0.1) is 0 Å². The Morgan fingerprint density at radius 3 is 1.71 bits per heavy atom. The zero-order valence-corrected chi connectivity index (χ0v) is 8.85. The van der Waals surface area contributed by atoms with Gasteiger partial charge in [-0.15, -0.1) is 0 Å². The molecule has 8 heteroatoms. The van der Waals surface area contributed by atoms with Crippen LogP contribution in [0.2, 0.25) is 6.04 Å². The van der Waals surface area contributed by atoms with Crippen LogP contribution >= 0.6 is 0 Å². The van der Waals surface area contributed by atoms with Crippen LogP contribution in [0.15, 0.2) is 0 Å². The molecule has 14 heavy (non-hydrogen) atoms. The lowest BCUT2D eigenvalue weighted by Gasteiger charge is -2.20. The maximum Gasteiger partial charge on any atom is 0.453 e. The Bertz CT molecular complexity index is 168. The average Bonchev–Trinajstić information content (AvgIpc) is 2.04. The molecule has 0 aliphatic rings. The van der Waals surface area contributed by atoms with Crippen LogP contribution in [-0.4, -0.2) is 35.6 Å². The van der Waals surface area contributed by atoms with E-state index >= 15 is 0 Å². The monoisotopic (exact) mass is 238 g/mol. The number of alkyl halides is 5. The van der Waals surface area contributed by atoms with Gasteiger partial charge in [0.15, 0.2) is 0 Å². The molecule has 0 aromatic heterocycles. The number of hydrogen-bond donors (Lipinski definition) is 0. The summed E-state index contributed by atoms with van der Waals surface area (Å²) in [6.45, 7) is 0. The molecule has 0 aromatic rings. The summed E-state index contributed by atoms with van der Waals surface area (Å²) >= 11 is 0. The molecule has 2 nitrogen and oxygen atoms in total.